The Morgan fingerprint density at radius 2 is 2.14 bits per heavy atom. The van der Waals surface area contributed by atoms with Gasteiger partial charge in [-0.05, 0) is 42.0 Å². The monoisotopic (exact) mass is 404 g/mol. The van der Waals surface area contributed by atoms with E-state index in [-0.39, 0.29) is 29.3 Å². The van der Waals surface area contributed by atoms with Crippen molar-refractivity contribution in [2.75, 3.05) is 6.54 Å². The number of carbonyl (C=O) groups excluding carboxylic acids is 2. The lowest BCUT2D eigenvalue weighted by Crippen LogP contribution is -2.58. The highest BCUT2D eigenvalue weighted by Crippen LogP contribution is 2.27. The van der Waals surface area contributed by atoms with Crippen LogP contribution in [0.25, 0.3) is 6.08 Å². The van der Waals surface area contributed by atoms with Gasteiger partial charge in [0.2, 0.25) is 11.8 Å². The van der Waals surface area contributed by atoms with E-state index in [1.165, 1.54) is 29.6 Å². The Bertz CT molecular complexity index is 881. The van der Waals surface area contributed by atoms with Gasteiger partial charge in [0, 0.05) is 29.1 Å². The zero-order valence-electron chi connectivity index (χ0n) is 15.7. The average Bonchev–Trinajstić information content (AvgIpc) is 3.16. The summed E-state index contributed by atoms with van der Waals surface area (Å²) in [6, 6.07) is 6.16. The van der Waals surface area contributed by atoms with Crippen LogP contribution in [0, 0.1) is 17.6 Å². The SMILES string of the molecule is CC(C)C[C@H]1C(=O)N[C@@H](c2cccs2)CN1C(=O)/C=C/c1ccc(F)cc1F. The van der Waals surface area contributed by atoms with Gasteiger partial charge in [-0.25, -0.2) is 8.78 Å². The van der Waals surface area contributed by atoms with Crippen molar-refractivity contribution in [2.24, 2.45) is 5.92 Å². The minimum absolute atomic E-state index is 0.117. The fraction of sp³-hybridized carbons (Fsp3) is 0.333. The molecule has 0 aliphatic carbocycles. The highest BCUT2D eigenvalue weighted by molar-refractivity contribution is 7.10. The average molecular weight is 404 g/mol. The number of amides is 2. The molecule has 7 heteroatoms. The second-order valence-corrected chi connectivity index (χ2v) is 8.19. The summed E-state index contributed by atoms with van der Waals surface area (Å²) >= 11 is 1.52. The van der Waals surface area contributed by atoms with Crippen molar-refractivity contribution in [3.05, 3.63) is 63.9 Å². The molecule has 0 spiro atoms. The summed E-state index contributed by atoms with van der Waals surface area (Å²) in [6.07, 6.45) is 3.09. The van der Waals surface area contributed by atoms with Crippen LogP contribution in [0.15, 0.2) is 41.8 Å². The second-order valence-electron chi connectivity index (χ2n) is 7.21. The van der Waals surface area contributed by atoms with Crippen LogP contribution in [0.3, 0.4) is 0 Å². The number of benzene rings is 1. The molecule has 28 heavy (non-hydrogen) atoms. The van der Waals surface area contributed by atoms with E-state index >= 15 is 0 Å². The number of nitrogens with zero attached hydrogens (tertiary/aromatic N) is 1. The van der Waals surface area contributed by atoms with Gasteiger partial charge in [-0.1, -0.05) is 19.9 Å². The van der Waals surface area contributed by atoms with Crippen molar-refractivity contribution in [2.45, 2.75) is 32.4 Å². The number of carbonyl (C=O) groups is 2. The second kappa shape index (κ2) is 8.65. The van der Waals surface area contributed by atoms with Crippen molar-refractivity contribution in [3.8, 4) is 0 Å². The van der Waals surface area contributed by atoms with Crippen LogP contribution in [0.2, 0.25) is 0 Å². The summed E-state index contributed by atoms with van der Waals surface area (Å²) in [4.78, 5) is 28.1. The van der Waals surface area contributed by atoms with Crippen LogP contribution in [0.4, 0.5) is 8.78 Å². The Morgan fingerprint density at radius 1 is 1.36 bits per heavy atom. The minimum atomic E-state index is -0.740. The molecular weight excluding hydrogens is 382 g/mol. The number of hydrogen-bond acceptors (Lipinski definition) is 3. The van der Waals surface area contributed by atoms with Crippen LogP contribution < -0.4 is 5.32 Å². The van der Waals surface area contributed by atoms with Crippen LogP contribution >= 0.6 is 11.3 Å². The van der Waals surface area contributed by atoms with E-state index in [0.717, 1.165) is 17.0 Å². The first-order valence-corrected chi connectivity index (χ1v) is 10.0. The molecule has 1 saturated heterocycles. The van der Waals surface area contributed by atoms with Crippen LogP contribution in [-0.2, 0) is 9.59 Å². The topological polar surface area (TPSA) is 49.4 Å². The number of halogens is 2. The Kier molecular flexibility index (Phi) is 6.24. The van der Waals surface area contributed by atoms with E-state index < -0.39 is 17.7 Å². The first-order valence-electron chi connectivity index (χ1n) is 9.12. The summed E-state index contributed by atoms with van der Waals surface area (Å²) < 4.78 is 26.9. The lowest BCUT2D eigenvalue weighted by Gasteiger charge is -2.39. The highest BCUT2D eigenvalue weighted by Gasteiger charge is 2.37. The van der Waals surface area contributed by atoms with E-state index in [9.17, 15) is 18.4 Å². The molecule has 1 aromatic carbocycles. The first-order chi connectivity index (χ1) is 13.3. The van der Waals surface area contributed by atoms with Gasteiger partial charge in [0.05, 0.1) is 6.04 Å². The van der Waals surface area contributed by atoms with Gasteiger partial charge in [-0.15, -0.1) is 11.3 Å². The van der Waals surface area contributed by atoms with Crippen LogP contribution in [-0.4, -0.2) is 29.3 Å². The number of rotatable bonds is 5. The Morgan fingerprint density at radius 3 is 2.79 bits per heavy atom. The Hall–Kier alpha value is -2.54. The zero-order chi connectivity index (χ0) is 20.3. The molecule has 2 amide bonds. The Labute approximate surface area is 166 Å². The lowest BCUT2D eigenvalue weighted by atomic mass is 9.97. The molecule has 1 aliphatic rings. The fourth-order valence-electron chi connectivity index (χ4n) is 3.25. The highest BCUT2D eigenvalue weighted by atomic mass is 32.1. The Balaban J connectivity index is 1.83. The number of nitrogens with one attached hydrogen (secondary N) is 1. The van der Waals surface area contributed by atoms with E-state index in [1.807, 2.05) is 31.4 Å². The molecule has 4 nitrogen and oxygen atoms in total. The van der Waals surface area contributed by atoms with Gasteiger partial charge < -0.3 is 10.2 Å². The minimum Gasteiger partial charge on any atom is -0.345 e. The molecule has 1 aromatic heterocycles. The van der Waals surface area contributed by atoms with Gasteiger partial charge in [0.25, 0.3) is 0 Å². The third-order valence-electron chi connectivity index (χ3n) is 4.61. The zero-order valence-corrected chi connectivity index (χ0v) is 16.5. The quantitative estimate of drug-likeness (QED) is 0.761. The molecule has 1 aliphatic heterocycles. The fourth-order valence-corrected chi connectivity index (χ4v) is 4.02. The molecule has 2 heterocycles. The van der Waals surface area contributed by atoms with Crippen LogP contribution in [0.1, 0.15) is 36.8 Å². The molecule has 2 aromatic rings. The van der Waals surface area contributed by atoms with E-state index in [4.69, 9.17) is 0 Å². The van der Waals surface area contributed by atoms with Crippen molar-refractivity contribution in [3.63, 3.8) is 0 Å². The van der Waals surface area contributed by atoms with Crippen molar-refractivity contribution < 1.29 is 18.4 Å². The molecule has 0 saturated carbocycles. The third kappa shape index (κ3) is 4.65. The summed E-state index contributed by atoms with van der Waals surface area (Å²) in [5.41, 5.74) is 0.117. The maximum atomic E-state index is 13.8. The summed E-state index contributed by atoms with van der Waals surface area (Å²) in [5.74, 6) is -1.75. The van der Waals surface area contributed by atoms with E-state index in [1.54, 1.807) is 4.90 Å². The van der Waals surface area contributed by atoms with Gasteiger partial charge in [0.1, 0.15) is 17.7 Å². The number of piperazine rings is 1. The normalized spacial score (nSPS) is 20.0. The molecular formula is C21H22F2N2O2S. The largest absolute Gasteiger partial charge is 0.345 e. The van der Waals surface area contributed by atoms with Gasteiger partial charge in [-0.2, -0.15) is 0 Å². The van der Waals surface area contributed by atoms with E-state index in [2.05, 4.69) is 5.32 Å². The van der Waals surface area contributed by atoms with Crippen molar-refractivity contribution >= 4 is 29.2 Å². The van der Waals surface area contributed by atoms with Gasteiger partial charge in [-0.3, -0.25) is 9.59 Å². The van der Waals surface area contributed by atoms with Crippen molar-refractivity contribution in [1.29, 1.82) is 0 Å². The van der Waals surface area contributed by atoms with Gasteiger partial charge in [0.15, 0.2) is 0 Å². The predicted molar refractivity (Wildman–Crippen MR) is 106 cm³/mol. The lowest BCUT2D eigenvalue weighted by molar-refractivity contribution is -0.142. The molecule has 2 atom stereocenters. The third-order valence-corrected chi connectivity index (χ3v) is 5.59. The first kappa shape index (κ1) is 20.2. The number of thiophene rings is 1. The molecule has 1 fully saturated rings. The molecule has 148 valence electrons. The van der Waals surface area contributed by atoms with Gasteiger partial charge >= 0.3 is 0 Å². The summed E-state index contributed by atoms with van der Waals surface area (Å²) in [5, 5.41) is 4.92. The molecule has 3 rings (SSSR count). The standard InChI is InChI=1S/C21H22F2N2O2S/c1-13(2)10-18-21(27)24-17(19-4-3-9-28-19)12-25(18)20(26)8-6-14-5-7-15(22)11-16(14)23/h3-9,11,13,17-18H,10,12H2,1-2H3,(H,24,27)/b8-6+/t17-,18+/m1/s1. The smallest absolute Gasteiger partial charge is 0.247 e. The maximum absolute atomic E-state index is 13.8. The summed E-state index contributed by atoms with van der Waals surface area (Å²) in [6.45, 7) is 4.33. The van der Waals surface area contributed by atoms with Crippen LogP contribution in [0.5, 0.6) is 0 Å². The maximum Gasteiger partial charge on any atom is 0.247 e. The number of hydrogen-bond donors (Lipinski definition) is 1. The summed E-state index contributed by atoms with van der Waals surface area (Å²) in [7, 11) is 0. The predicted octanol–water partition coefficient (Wildman–Crippen LogP) is 4.15. The molecule has 0 bridgehead atoms. The van der Waals surface area contributed by atoms with E-state index in [0.29, 0.717) is 13.0 Å². The van der Waals surface area contributed by atoms with Crippen molar-refractivity contribution in [1.82, 2.24) is 10.2 Å². The molecule has 0 unspecified atom stereocenters. The molecule has 0 radical (unpaired) electrons. The molecule has 1 N–H and O–H groups in total.